The van der Waals surface area contributed by atoms with Gasteiger partial charge in [0.25, 0.3) is 11.1 Å². The van der Waals surface area contributed by atoms with Crippen molar-refractivity contribution in [1.29, 1.82) is 0 Å². The van der Waals surface area contributed by atoms with Crippen molar-refractivity contribution in [1.82, 2.24) is 58.1 Å². The Bertz CT molecular complexity index is 3560. The molecule has 4 unspecified atom stereocenters. The van der Waals surface area contributed by atoms with Crippen molar-refractivity contribution in [2.45, 2.75) is 170 Å². The summed E-state index contributed by atoms with van der Waals surface area (Å²) in [4.78, 5) is 78.4. The summed E-state index contributed by atoms with van der Waals surface area (Å²) in [5.74, 6) is -15.9. The highest BCUT2D eigenvalue weighted by atomic mass is 19.4. The van der Waals surface area contributed by atoms with E-state index in [1.807, 2.05) is 0 Å². The Labute approximate surface area is 462 Å². The second-order valence-electron chi connectivity index (χ2n) is 22.2. The van der Waals surface area contributed by atoms with Gasteiger partial charge < -0.3 is 41.3 Å². The number of halogens is 9. The van der Waals surface area contributed by atoms with Crippen molar-refractivity contribution in [3.05, 3.63) is 84.7 Å². The highest BCUT2D eigenvalue weighted by Crippen LogP contribution is 2.49. The largest absolute Gasteiger partial charge is 0.394 e. The van der Waals surface area contributed by atoms with Crippen LogP contribution in [0.4, 0.5) is 57.1 Å². The van der Waals surface area contributed by atoms with E-state index in [-0.39, 0.29) is 71.2 Å². The fourth-order valence-corrected chi connectivity index (χ4v) is 12.3. The minimum atomic E-state index is -4.72. The number of alkyl halides is 9. The molecule has 452 valence electrons. The van der Waals surface area contributed by atoms with Crippen molar-refractivity contribution in [3.63, 3.8) is 0 Å². The third-order valence-electron chi connectivity index (χ3n) is 16.3. The number of nitrogens with one attached hydrogen (secondary N) is 2. The van der Waals surface area contributed by atoms with Crippen LogP contribution >= 0.6 is 0 Å². The number of aliphatic hydroxyl groups excluding tert-OH is 1. The quantitative estimate of drug-likeness (QED) is 0.0464. The Kier molecular flexibility index (Phi) is 16.3. The van der Waals surface area contributed by atoms with Crippen molar-refractivity contribution in [3.8, 4) is 0 Å². The van der Waals surface area contributed by atoms with Crippen molar-refractivity contribution in [2.24, 2.45) is 23.7 Å². The Hall–Kier alpha value is -6.97. The molecule has 10 heterocycles. The van der Waals surface area contributed by atoms with E-state index < -0.39 is 190 Å². The van der Waals surface area contributed by atoms with Gasteiger partial charge in [-0.05, 0) is 81.6 Å². The maximum absolute atomic E-state index is 16.7. The Morgan fingerprint density at radius 1 is 0.590 bits per heavy atom. The predicted octanol–water partition coefficient (Wildman–Crippen LogP) is 5.80. The summed E-state index contributed by atoms with van der Waals surface area (Å²) >= 11 is 0. The number of H-pyrrole nitrogens is 2. The average molecular weight is 1190 g/mol. The van der Waals surface area contributed by atoms with E-state index in [0.29, 0.717) is 0 Å². The normalized spacial score (nSPS) is 27.2. The van der Waals surface area contributed by atoms with Crippen molar-refractivity contribution < 1.29 is 63.6 Å². The Morgan fingerprint density at radius 3 is 1.60 bits per heavy atom. The van der Waals surface area contributed by atoms with Gasteiger partial charge in [0, 0.05) is 62.9 Å². The average Bonchev–Trinajstić information content (AvgIpc) is 3.35. The number of aliphatic hydroxyl groups is 1. The minimum Gasteiger partial charge on any atom is -0.394 e. The van der Waals surface area contributed by atoms with Crippen LogP contribution in [0.2, 0.25) is 0 Å². The number of rotatable bonds is 21. The molecule has 0 saturated carbocycles. The number of nitrogens with two attached hydrogens (primary N) is 3. The molecule has 10 rings (SSSR count). The maximum Gasteiger partial charge on any atom is 0.389 e. The lowest BCUT2D eigenvalue weighted by atomic mass is 9.85. The molecule has 0 bridgehead atoms. The monoisotopic (exact) mass is 1190 g/mol. The van der Waals surface area contributed by atoms with E-state index in [1.54, 1.807) is 0 Å². The van der Waals surface area contributed by atoms with Crippen molar-refractivity contribution in [2.75, 3.05) is 23.8 Å². The van der Waals surface area contributed by atoms with Gasteiger partial charge in [-0.2, -0.15) is 23.1 Å². The molecule has 4 fully saturated rings. The molecular weight excluding hydrogens is 1130 g/mol. The molecule has 6 aromatic rings. The van der Waals surface area contributed by atoms with Crippen molar-refractivity contribution >= 4 is 39.9 Å². The molecule has 4 aliphatic heterocycles. The lowest BCUT2D eigenvalue weighted by Crippen LogP contribution is -2.33. The van der Waals surface area contributed by atoms with Gasteiger partial charge in [0.2, 0.25) is 23.7 Å². The summed E-state index contributed by atoms with van der Waals surface area (Å²) in [5, 5.41) is 10.1. The number of aromatic amines is 2. The predicted molar refractivity (Wildman–Crippen MR) is 273 cm³/mol. The number of nitrogens with zero attached hydrogens (tertiary/aromatic N) is 10. The zero-order valence-corrected chi connectivity index (χ0v) is 44.3. The van der Waals surface area contributed by atoms with Gasteiger partial charge in [-0.15, -0.1) is 0 Å². The SMILES string of the molecule is Cc1cn([C@H]2CC(CC(F)(F)CC[C@H]3O[C@@H](n4cnc5c(N)ncnc54)CC3CC(F)(F)CC[C@H]3O[C@@H](n4ccc(N)nc4=O)CC3CC(F)(F)CC[C@H]3O[C@@H](n4cnc5c(=O)[nH]c(N)nc54)CC3CC(F)(F)F)[C@@H](CO)O2)c(=O)[nH]c1=O. The van der Waals surface area contributed by atoms with Crippen LogP contribution in [0, 0.1) is 30.6 Å². The number of hydrogen-bond acceptors (Lipinski definition) is 18. The van der Waals surface area contributed by atoms with Crippen LogP contribution in [0.5, 0.6) is 0 Å². The molecule has 24 nitrogen and oxygen atoms in total. The number of imidazole rings is 2. The number of ether oxygens (including phenoxy) is 4. The number of aryl methyl sites for hydroxylation is 1. The fourth-order valence-electron chi connectivity index (χ4n) is 12.3. The third-order valence-corrected chi connectivity index (χ3v) is 16.3. The zero-order valence-electron chi connectivity index (χ0n) is 44.3. The zero-order chi connectivity index (χ0) is 59.5. The third kappa shape index (κ3) is 13.2. The second-order valence-corrected chi connectivity index (χ2v) is 22.2. The highest BCUT2D eigenvalue weighted by Gasteiger charge is 2.50. The molecule has 4 saturated heterocycles. The second kappa shape index (κ2) is 22.9. The van der Waals surface area contributed by atoms with E-state index in [9.17, 15) is 37.5 Å². The molecule has 83 heavy (non-hydrogen) atoms. The van der Waals surface area contributed by atoms with Crippen LogP contribution in [0.1, 0.15) is 120 Å². The molecule has 4 aliphatic rings. The molecule has 33 heteroatoms. The lowest BCUT2D eigenvalue weighted by molar-refractivity contribution is -0.149. The molecule has 0 aliphatic carbocycles. The number of aromatic nitrogens is 12. The molecule has 9 N–H and O–H groups in total. The van der Waals surface area contributed by atoms with Gasteiger partial charge in [-0.25, -0.2) is 55.9 Å². The Morgan fingerprint density at radius 2 is 1.07 bits per heavy atom. The summed E-state index contributed by atoms with van der Waals surface area (Å²) in [5.41, 5.74) is 14.5. The van der Waals surface area contributed by atoms with Gasteiger partial charge in [-0.1, -0.05) is 0 Å². The van der Waals surface area contributed by atoms with Crippen LogP contribution in [0.3, 0.4) is 0 Å². The number of fused-ring (bicyclic) bond motifs is 2. The molecule has 12 atom stereocenters. The first kappa shape index (κ1) is 59.2. The van der Waals surface area contributed by atoms with E-state index in [1.165, 1.54) is 40.8 Å². The minimum absolute atomic E-state index is 0.00651. The molecule has 6 aromatic heterocycles. The summed E-state index contributed by atoms with van der Waals surface area (Å²) < 4.78 is 169. The lowest BCUT2D eigenvalue weighted by Gasteiger charge is -2.28. The fraction of sp³-hybridized carbons (Fsp3) is 0.640. The summed E-state index contributed by atoms with van der Waals surface area (Å²) in [7, 11) is 0. The number of hydrogen-bond donors (Lipinski definition) is 6. The summed E-state index contributed by atoms with van der Waals surface area (Å²) in [6.45, 7) is 0.770. The standard InChI is InChI=1S/C50H60F9N15O9/c1-23-18-72(46(79)70-42(23)76)34-12-26(31(19-75)83-34)16-49(55,56)7-3-29-25(11-35(81-29)73-21-65-37-39(61)63-20-64-40(37)73)15-47(51,52)6-2-28-24(10-33(80-28)71-9-5-32(60)67-45(71)78)14-48(53,54)8-4-30-27(17-50(57,58)59)13-36(82-30)74-22-66-38-41(74)68-44(62)69-43(38)77/h5,9,18,20-22,24-31,33-36,75H,2-4,6-8,10-17,19H2,1H3,(H2,60,67,78)(H2,61,63,64)(H,70,76,79)(H3,62,68,69,77)/t24?,25?,26?,27?,28-,29-,30-,31-,33-,34-,35-,36-/m1/s1. The van der Waals surface area contributed by atoms with Gasteiger partial charge in [-0.3, -0.25) is 37.8 Å². The Balaban J connectivity index is 0.834. The molecule has 0 spiro atoms. The van der Waals surface area contributed by atoms with Crippen LogP contribution in [-0.4, -0.2) is 118 Å². The first-order valence-corrected chi connectivity index (χ1v) is 26.9. The van der Waals surface area contributed by atoms with Crippen LogP contribution in [-0.2, 0) is 18.9 Å². The molecular formula is C50H60F9N15O9. The van der Waals surface area contributed by atoms with E-state index in [2.05, 4.69) is 39.9 Å². The number of anilines is 3. The molecule has 0 aromatic carbocycles. The van der Waals surface area contributed by atoms with Crippen LogP contribution < -0.4 is 39.7 Å². The summed E-state index contributed by atoms with van der Waals surface area (Å²) in [6.07, 6.45) is -17.8. The first-order valence-electron chi connectivity index (χ1n) is 26.9. The van der Waals surface area contributed by atoms with E-state index >= 15 is 26.3 Å². The maximum atomic E-state index is 16.7. The van der Waals surface area contributed by atoms with Gasteiger partial charge in [0.05, 0.1) is 43.7 Å². The molecule has 0 amide bonds. The highest BCUT2D eigenvalue weighted by molar-refractivity contribution is 5.81. The molecule has 0 radical (unpaired) electrons. The topological polar surface area (TPSA) is 332 Å². The van der Waals surface area contributed by atoms with Gasteiger partial charge >= 0.3 is 17.6 Å². The summed E-state index contributed by atoms with van der Waals surface area (Å²) in [6, 6.07) is 1.25. The van der Waals surface area contributed by atoms with Crippen LogP contribution in [0.15, 0.2) is 56.6 Å². The van der Waals surface area contributed by atoms with E-state index in [0.717, 1.165) is 21.8 Å². The van der Waals surface area contributed by atoms with Gasteiger partial charge in [0.1, 0.15) is 42.6 Å². The van der Waals surface area contributed by atoms with E-state index in [4.69, 9.17) is 36.1 Å². The smallest absolute Gasteiger partial charge is 0.389 e. The number of nitrogen functional groups attached to an aromatic ring is 3. The first-order chi connectivity index (χ1) is 39.1. The van der Waals surface area contributed by atoms with Crippen LogP contribution in [0.25, 0.3) is 22.3 Å². The van der Waals surface area contributed by atoms with Gasteiger partial charge in [0.15, 0.2) is 22.6 Å².